The van der Waals surface area contributed by atoms with Crippen molar-refractivity contribution in [1.29, 1.82) is 0 Å². The minimum Gasteiger partial charge on any atom is -0.381 e. The molecule has 2 rings (SSSR count). The Hall–Kier alpha value is -2.13. The molecule has 25 heavy (non-hydrogen) atoms. The molecule has 0 heterocycles. The van der Waals surface area contributed by atoms with E-state index in [1.807, 2.05) is 18.2 Å². The third-order valence-electron chi connectivity index (χ3n) is 4.29. The van der Waals surface area contributed by atoms with Gasteiger partial charge in [-0.3, -0.25) is 4.79 Å². The summed E-state index contributed by atoms with van der Waals surface area (Å²) in [6.07, 6.45) is 3.12. The smallest absolute Gasteiger partial charge is 0.220 e. The Morgan fingerprint density at radius 1 is 1.00 bits per heavy atom. The largest absolute Gasteiger partial charge is 0.381 e. The van der Waals surface area contributed by atoms with Gasteiger partial charge >= 0.3 is 0 Å². The van der Waals surface area contributed by atoms with Gasteiger partial charge in [0.2, 0.25) is 5.91 Å². The van der Waals surface area contributed by atoms with E-state index in [1.54, 1.807) is 0 Å². The fourth-order valence-electron chi connectivity index (χ4n) is 2.80. The molecule has 3 heteroatoms. The lowest BCUT2D eigenvalue weighted by Crippen LogP contribution is -2.25. The molecular weight excluding hydrogens is 310 g/mol. The monoisotopic (exact) mass is 339 g/mol. The van der Waals surface area contributed by atoms with E-state index in [4.69, 9.17) is 4.74 Å². The first kappa shape index (κ1) is 19.2. The summed E-state index contributed by atoms with van der Waals surface area (Å²) < 4.78 is 5.62. The highest BCUT2D eigenvalue weighted by Crippen LogP contribution is 2.12. The highest BCUT2D eigenvalue weighted by Gasteiger charge is 2.04. The van der Waals surface area contributed by atoms with Crippen LogP contribution < -0.4 is 5.32 Å². The van der Waals surface area contributed by atoms with Crippen molar-refractivity contribution >= 4 is 5.91 Å². The second-order valence-corrected chi connectivity index (χ2v) is 6.48. The predicted octanol–water partition coefficient (Wildman–Crippen LogP) is 4.00. The van der Waals surface area contributed by atoms with E-state index in [0.717, 1.165) is 25.9 Å². The lowest BCUT2D eigenvalue weighted by atomic mass is 10.0. The Bertz CT molecular complexity index is 652. The summed E-state index contributed by atoms with van der Waals surface area (Å²) in [6.45, 7) is 6.28. The number of amides is 1. The molecule has 0 aromatic heterocycles. The van der Waals surface area contributed by atoms with Crippen LogP contribution in [-0.2, 0) is 22.4 Å². The van der Waals surface area contributed by atoms with E-state index in [1.165, 1.54) is 22.3 Å². The molecule has 2 aromatic carbocycles. The SMILES string of the molecule is Cc1ccc(CCC(=O)NCCCOCCc2ccccc2)c(C)c1. The molecule has 0 aliphatic carbocycles. The van der Waals surface area contributed by atoms with Crippen LogP contribution in [-0.4, -0.2) is 25.7 Å². The van der Waals surface area contributed by atoms with Crippen molar-refractivity contribution in [3.63, 3.8) is 0 Å². The van der Waals surface area contributed by atoms with Crippen molar-refractivity contribution in [2.45, 2.75) is 39.5 Å². The van der Waals surface area contributed by atoms with E-state index in [0.29, 0.717) is 19.6 Å². The number of aryl methyl sites for hydroxylation is 3. The number of nitrogens with one attached hydrogen (secondary N) is 1. The van der Waals surface area contributed by atoms with Gasteiger partial charge in [-0.25, -0.2) is 0 Å². The third kappa shape index (κ3) is 7.53. The van der Waals surface area contributed by atoms with Gasteiger partial charge in [0.1, 0.15) is 0 Å². The maximum atomic E-state index is 11.9. The molecule has 0 bridgehead atoms. The lowest BCUT2D eigenvalue weighted by Gasteiger charge is -2.08. The van der Waals surface area contributed by atoms with E-state index >= 15 is 0 Å². The van der Waals surface area contributed by atoms with Crippen molar-refractivity contribution in [3.8, 4) is 0 Å². The zero-order valence-corrected chi connectivity index (χ0v) is 15.4. The maximum absolute atomic E-state index is 11.9. The Kier molecular flexibility index (Phi) is 8.20. The zero-order chi connectivity index (χ0) is 17.9. The van der Waals surface area contributed by atoms with Crippen molar-refractivity contribution in [1.82, 2.24) is 5.32 Å². The normalized spacial score (nSPS) is 10.6. The number of hydrogen-bond donors (Lipinski definition) is 1. The molecule has 0 saturated carbocycles. The number of hydrogen-bond acceptors (Lipinski definition) is 2. The average molecular weight is 339 g/mol. The average Bonchev–Trinajstić information content (AvgIpc) is 2.61. The number of carbonyl (C=O) groups is 1. The van der Waals surface area contributed by atoms with Crippen LogP contribution in [0.1, 0.15) is 35.1 Å². The molecule has 1 amide bonds. The van der Waals surface area contributed by atoms with Gasteiger partial charge in [-0.1, -0.05) is 54.1 Å². The summed E-state index contributed by atoms with van der Waals surface area (Å²) in [4.78, 5) is 11.9. The summed E-state index contributed by atoms with van der Waals surface area (Å²) in [6, 6.07) is 16.7. The molecule has 0 saturated heterocycles. The molecule has 0 fully saturated rings. The van der Waals surface area contributed by atoms with Gasteiger partial charge in [0.05, 0.1) is 6.61 Å². The van der Waals surface area contributed by atoms with Gasteiger partial charge in [0.25, 0.3) is 0 Å². The van der Waals surface area contributed by atoms with E-state index in [-0.39, 0.29) is 5.91 Å². The topological polar surface area (TPSA) is 38.3 Å². The first-order chi connectivity index (χ1) is 12.1. The molecule has 3 nitrogen and oxygen atoms in total. The van der Waals surface area contributed by atoms with Crippen LogP contribution >= 0.6 is 0 Å². The lowest BCUT2D eigenvalue weighted by molar-refractivity contribution is -0.121. The first-order valence-electron chi connectivity index (χ1n) is 9.09. The Morgan fingerprint density at radius 3 is 2.56 bits per heavy atom. The van der Waals surface area contributed by atoms with E-state index < -0.39 is 0 Å². The molecule has 2 aromatic rings. The summed E-state index contributed by atoms with van der Waals surface area (Å²) in [5.41, 5.74) is 5.07. The van der Waals surface area contributed by atoms with Crippen molar-refractivity contribution in [2.24, 2.45) is 0 Å². The molecule has 0 atom stereocenters. The van der Waals surface area contributed by atoms with Crippen molar-refractivity contribution < 1.29 is 9.53 Å². The van der Waals surface area contributed by atoms with Crippen LogP contribution in [0.4, 0.5) is 0 Å². The first-order valence-corrected chi connectivity index (χ1v) is 9.09. The minimum atomic E-state index is 0.115. The van der Waals surface area contributed by atoms with Crippen LogP contribution in [0, 0.1) is 13.8 Å². The number of benzene rings is 2. The van der Waals surface area contributed by atoms with Crippen LogP contribution in [0.5, 0.6) is 0 Å². The van der Waals surface area contributed by atoms with Gasteiger partial charge in [0.15, 0.2) is 0 Å². The van der Waals surface area contributed by atoms with Crippen molar-refractivity contribution in [2.75, 3.05) is 19.8 Å². The van der Waals surface area contributed by atoms with Gasteiger partial charge in [-0.2, -0.15) is 0 Å². The zero-order valence-electron chi connectivity index (χ0n) is 15.4. The molecule has 0 radical (unpaired) electrons. The number of ether oxygens (including phenoxy) is 1. The minimum absolute atomic E-state index is 0.115. The van der Waals surface area contributed by atoms with Gasteiger partial charge < -0.3 is 10.1 Å². The fourth-order valence-corrected chi connectivity index (χ4v) is 2.80. The van der Waals surface area contributed by atoms with Gasteiger partial charge in [-0.05, 0) is 49.8 Å². The molecular formula is C22H29NO2. The summed E-state index contributed by atoms with van der Waals surface area (Å²) in [5.74, 6) is 0.115. The molecule has 0 aliphatic heterocycles. The number of carbonyl (C=O) groups excluding carboxylic acids is 1. The molecule has 134 valence electrons. The second kappa shape index (κ2) is 10.7. The summed E-state index contributed by atoms with van der Waals surface area (Å²) in [5, 5.41) is 2.97. The highest BCUT2D eigenvalue weighted by molar-refractivity contribution is 5.76. The van der Waals surface area contributed by atoms with Crippen LogP contribution in [0.15, 0.2) is 48.5 Å². The van der Waals surface area contributed by atoms with Gasteiger partial charge in [-0.15, -0.1) is 0 Å². The highest BCUT2D eigenvalue weighted by atomic mass is 16.5. The molecule has 0 aliphatic rings. The standard InChI is InChI=1S/C22H29NO2/c1-18-9-10-21(19(2)17-18)11-12-22(24)23-14-6-15-25-16-13-20-7-4-3-5-8-20/h3-5,7-10,17H,6,11-16H2,1-2H3,(H,23,24). The molecule has 0 unspecified atom stereocenters. The van der Waals surface area contributed by atoms with E-state index in [9.17, 15) is 4.79 Å². The quantitative estimate of drug-likeness (QED) is 0.664. The Balaban J connectivity index is 1.51. The van der Waals surface area contributed by atoms with Crippen LogP contribution in [0.3, 0.4) is 0 Å². The third-order valence-corrected chi connectivity index (χ3v) is 4.29. The fraction of sp³-hybridized carbons (Fsp3) is 0.409. The molecule has 0 spiro atoms. The molecule has 1 N–H and O–H groups in total. The van der Waals surface area contributed by atoms with Crippen molar-refractivity contribution in [3.05, 3.63) is 70.8 Å². The van der Waals surface area contributed by atoms with Crippen LogP contribution in [0.2, 0.25) is 0 Å². The second-order valence-electron chi connectivity index (χ2n) is 6.48. The summed E-state index contributed by atoms with van der Waals surface area (Å²) in [7, 11) is 0. The Labute approximate surface area is 151 Å². The van der Waals surface area contributed by atoms with Gasteiger partial charge in [0, 0.05) is 19.6 Å². The van der Waals surface area contributed by atoms with E-state index in [2.05, 4.69) is 49.5 Å². The van der Waals surface area contributed by atoms with Crippen LogP contribution in [0.25, 0.3) is 0 Å². The summed E-state index contributed by atoms with van der Waals surface area (Å²) >= 11 is 0. The number of rotatable bonds is 10. The maximum Gasteiger partial charge on any atom is 0.220 e. The Morgan fingerprint density at radius 2 is 1.80 bits per heavy atom. The predicted molar refractivity (Wildman–Crippen MR) is 103 cm³/mol.